The van der Waals surface area contributed by atoms with E-state index in [-0.39, 0.29) is 26.2 Å². The van der Waals surface area contributed by atoms with Crippen molar-refractivity contribution in [3.63, 3.8) is 0 Å². The van der Waals surface area contributed by atoms with Gasteiger partial charge in [-0.1, -0.05) is 52.5 Å². The van der Waals surface area contributed by atoms with Gasteiger partial charge in [0.1, 0.15) is 5.92 Å². The van der Waals surface area contributed by atoms with Gasteiger partial charge in [-0.15, -0.1) is 0 Å². The molecule has 0 spiro atoms. The predicted octanol–water partition coefficient (Wildman–Crippen LogP) is 5.79. The molecular formula is C15H7Cl4NO. The zero-order valence-electron chi connectivity index (χ0n) is 10.4. The quantitative estimate of drug-likeness (QED) is 0.651. The number of carbonyl (C=O) groups is 1. The summed E-state index contributed by atoms with van der Waals surface area (Å²) < 4.78 is 0. The van der Waals surface area contributed by atoms with Gasteiger partial charge in [-0.3, -0.25) is 4.79 Å². The molecule has 0 heterocycles. The van der Waals surface area contributed by atoms with E-state index in [1.54, 1.807) is 18.2 Å². The molecule has 2 aromatic rings. The Morgan fingerprint density at radius 2 is 1.62 bits per heavy atom. The topological polar surface area (TPSA) is 40.9 Å². The maximum atomic E-state index is 12.5. The molecule has 0 bridgehead atoms. The number of Topliss-reactive ketones (excluding diaryl/α,β-unsaturated/α-hetero) is 1. The lowest BCUT2D eigenvalue weighted by Gasteiger charge is -2.13. The van der Waals surface area contributed by atoms with Crippen LogP contribution in [0, 0.1) is 11.3 Å². The zero-order valence-corrected chi connectivity index (χ0v) is 13.4. The van der Waals surface area contributed by atoms with Crippen LogP contribution in [0.5, 0.6) is 0 Å². The van der Waals surface area contributed by atoms with Crippen LogP contribution in [0.25, 0.3) is 0 Å². The molecule has 2 nitrogen and oxygen atoms in total. The highest BCUT2D eigenvalue weighted by Gasteiger charge is 2.27. The average molecular weight is 359 g/mol. The Morgan fingerprint density at radius 3 is 2.14 bits per heavy atom. The molecular weight excluding hydrogens is 352 g/mol. The van der Waals surface area contributed by atoms with E-state index < -0.39 is 11.7 Å². The van der Waals surface area contributed by atoms with Crippen molar-refractivity contribution in [3.05, 3.63) is 67.6 Å². The van der Waals surface area contributed by atoms with E-state index in [1.807, 2.05) is 6.07 Å². The van der Waals surface area contributed by atoms with Crippen molar-refractivity contribution in [1.82, 2.24) is 0 Å². The molecule has 0 amide bonds. The fraction of sp³-hybridized carbons (Fsp3) is 0.0667. The Labute approximate surface area is 141 Å². The summed E-state index contributed by atoms with van der Waals surface area (Å²) in [4.78, 5) is 12.5. The van der Waals surface area contributed by atoms with Gasteiger partial charge in [0.2, 0.25) is 0 Å². The van der Waals surface area contributed by atoms with E-state index in [0.717, 1.165) is 0 Å². The van der Waals surface area contributed by atoms with Crippen LogP contribution < -0.4 is 0 Å². The minimum absolute atomic E-state index is 0.177. The second-order valence-corrected chi connectivity index (χ2v) is 5.84. The third kappa shape index (κ3) is 3.33. The minimum atomic E-state index is -1.13. The number of nitriles is 1. The van der Waals surface area contributed by atoms with Crippen molar-refractivity contribution in [2.24, 2.45) is 0 Å². The SMILES string of the molecule is N#CC(C(=O)c1ccc(Cl)cc1Cl)c1c(Cl)cccc1Cl. The molecule has 1 unspecified atom stereocenters. The van der Waals surface area contributed by atoms with Gasteiger partial charge in [0.05, 0.1) is 11.1 Å². The number of hydrogen-bond acceptors (Lipinski definition) is 2. The van der Waals surface area contributed by atoms with Gasteiger partial charge in [0, 0.05) is 26.2 Å². The summed E-state index contributed by atoms with van der Waals surface area (Å²) >= 11 is 23.9. The van der Waals surface area contributed by atoms with Crippen LogP contribution in [0.15, 0.2) is 36.4 Å². The summed E-state index contributed by atoms with van der Waals surface area (Å²) in [6, 6.07) is 11.2. The molecule has 0 radical (unpaired) electrons. The lowest BCUT2D eigenvalue weighted by atomic mass is 9.91. The summed E-state index contributed by atoms with van der Waals surface area (Å²) in [6.07, 6.45) is 0. The number of rotatable bonds is 3. The highest BCUT2D eigenvalue weighted by Crippen LogP contribution is 2.34. The van der Waals surface area contributed by atoms with E-state index in [4.69, 9.17) is 46.4 Å². The maximum Gasteiger partial charge on any atom is 0.186 e. The third-order valence-corrected chi connectivity index (χ3v) is 4.08. The van der Waals surface area contributed by atoms with Gasteiger partial charge < -0.3 is 0 Å². The van der Waals surface area contributed by atoms with E-state index in [9.17, 15) is 10.1 Å². The molecule has 0 N–H and O–H groups in total. The van der Waals surface area contributed by atoms with Gasteiger partial charge >= 0.3 is 0 Å². The molecule has 0 aliphatic rings. The predicted molar refractivity (Wildman–Crippen MR) is 85.6 cm³/mol. The van der Waals surface area contributed by atoms with Crippen molar-refractivity contribution in [1.29, 1.82) is 5.26 Å². The summed E-state index contributed by atoms with van der Waals surface area (Å²) in [5, 5.41) is 10.4. The van der Waals surface area contributed by atoms with Crippen molar-refractivity contribution in [2.45, 2.75) is 5.92 Å². The van der Waals surface area contributed by atoms with Crippen molar-refractivity contribution >= 4 is 52.2 Å². The van der Waals surface area contributed by atoms with Crippen LogP contribution in [0.1, 0.15) is 21.8 Å². The molecule has 2 aromatic carbocycles. The normalized spacial score (nSPS) is 11.8. The molecule has 0 aromatic heterocycles. The average Bonchev–Trinajstić information content (AvgIpc) is 2.42. The van der Waals surface area contributed by atoms with Crippen LogP contribution in [0.4, 0.5) is 0 Å². The second-order valence-electron chi connectivity index (χ2n) is 4.19. The molecule has 21 heavy (non-hydrogen) atoms. The van der Waals surface area contributed by atoms with Crippen LogP contribution >= 0.6 is 46.4 Å². The monoisotopic (exact) mass is 357 g/mol. The molecule has 0 aliphatic carbocycles. The van der Waals surface area contributed by atoms with Crippen molar-refractivity contribution in [2.75, 3.05) is 0 Å². The maximum absolute atomic E-state index is 12.5. The minimum Gasteiger partial charge on any atom is -0.292 e. The van der Waals surface area contributed by atoms with E-state index in [2.05, 4.69) is 0 Å². The molecule has 6 heteroatoms. The molecule has 1 atom stereocenters. The summed E-state index contributed by atoms with van der Waals surface area (Å²) in [5.74, 6) is -1.61. The molecule has 0 saturated heterocycles. The van der Waals surface area contributed by atoms with Crippen molar-refractivity contribution < 1.29 is 4.79 Å². The van der Waals surface area contributed by atoms with Crippen molar-refractivity contribution in [3.8, 4) is 6.07 Å². The first kappa shape index (κ1) is 16.1. The van der Waals surface area contributed by atoms with Gasteiger partial charge in [-0.25, -0.2) is 0 Å². The first-order chi connectivity index (χ1) is 9.95. The van der Waals surface area contributed by atoms with Crippen LogP contribution in [0.3, 0.4) is 0 Å². The van der Waals surface area contributed by atoms with Gasteiger partial charge in [-0.05, 0) is 30.3 Å². The number of carbonyl (C=O) groups excluding carboxylic acids is 1. The van der Waals surface area contributed by atoms with Gasteiger partial charge in [0.15, 0.2) is 5.78 Å². The fourth-order valence-electron chi connectivity index (χ4n) is 1.89. The Hall–Kier alpha value is -1.24. The number of ketones is 1. The summed E-state index contributed by atoms with van der Waals surface area (Å²) in [7, 11) is 0. The molecule has 2 rings (SSSR count). The molecule has 0 saturated carbocycles. The highest BCUT2D eigenvalue weighted by atomic mass is 35.5. The lowest BCUT2D eigenvalue weighted by Crippen LogP contribution is -2.13. The Morgan fingerprint density at radius 1 is 1.00 bits per heavy atom. The number of halogens is 4. The van der Waals surface area contributed by atoms with E-state index in [0.29, 0.717) is 5.02 Å². The van der Waals surface area contributed by atoms with Crippen LogP contribution in [0.2, 0.25) is 20.1 Å². The highest BCUT2D eigenvalue weighted by molar-refractivity contribution is 6.38. The molecule has 0 aliphatic heterocycles. The first-order valence-electron chi connectivity index (χ1n) is 5.78. The Bertz CT molecular complexity index is 732. The fourth-order valence-corrected chi connectivity index (χ4v) is 3.00. The van der Waals surface area contributed by atoms with Gasteiger partial charge in [-0.2, -0.15) is 5.26 Å². The lowest BCUT2D eigenvalue weighted by molar-refractivity contribution is 0.0979. The summed E-state index contributed by atoms with van der Waals surface area (Å²) in [6.45, 7) is 0. The van der Waals surface area contributed by atoms with E-state index >= 15 is 0 Å². The van der Waals surface area contributed by atoms with Crippen LogP contribution in [-0.4, -0.2) is 5.78 Å². The Balaban J connectivity index is 2.52. The standard InChI is InChI=1S/C15H7Cl4NO/c16-8-4-5-9(13(19)6-8)15(21)10(7-20)14-11(17)2-1-3-12(14)18/h1-6,10H. The number of benzene rings is 2. The Kier molecular flexibility index (Phi) is 5.13. The molecule has 0 fully saturated rings. The molecule has 106 valence electrons. The number of hydrogen-bond donors (Lipinski definition) is 0. The first-order valence-corrected chi connectivity index (χ1v) is 7.29. The summed E-state index contributed by atoms with van der Waals surface area (Å²) in [5.41, 5.74) is 0.475. The van der Waals surface area contributed by atoms with Crippen LogP contribution in [-0.2, 0) is 0 Å². The smallest absolute Gasteiger partial charge is 0.186 e. The van der Waals surface area contributed by atoms with E-state index in [1.165, 1.54) is 18.2 Å². The van der Waals surface area contributed by atoms with Gasteiger partial charge in [0.25, 0.3) is 0 Å². The second kappa shape index (κ2) is 6.68. The third-order valence-electron chi connectivity index (χ3n) is 2.88. The zero-order chi connectivity index (χ0) is 15.6. The number of nitrogens with zero attached hydrogens (tertiary/aromatic N) is 1. The largest absolute Gasteiger partial charge is 0.292 e.